The SMILES string of the molecule is CC(C)(C)C1C/C(=C\c2cccs2)c2nc3ccccc3c(C(=O)OCC(=O)N3CCCCCC3)c2C1. The van der Waals surface area contributed by atoms with E-state index in [0.29, 0.717) is 11.5 Å². The predicted octanol–water partition coefficient (Wildman–Crippen LogP) is 7.00. The Morgan fingerprint density at radius 3 is 2.51 bits per heavy atom. The van der Waals surface area contributed by atoms with Crippen molar-refractivity contribution in [2.75, 3.05) is 19.7 Å². The zero-order valence-corrected chi connectivity index (χ0v) is 22.9. The summed E-state index contributed by atoms with van der Waals surface area (Å²) in [6.07, 6.45) is 8.20. The number of amides is 1. The number of hydrogen-bond donors (Lipinski definition) is 0. The maximum atomic E-state index is 13.7. The van der Waals surface area contributed by atoms with E-state index in [1.807, 2.05) is 29.2 Å². The minimum absolute atomic E-state index is 0.0573. The van der Waals surface area contributed by atoms with Crippen molar-refractivity contribution in [3.63, 3.8) is 0 Å². The number of para-hydroxylation sites is 1. The molecule has 6 heteroatoms. The van der Waals surface area contributed by atoms with Crippen molar-refractivity contribution >= 4 is 45.8 Å². The molecule has 3 aromatic rings. The highest BCUT2D eigenvalue weighted by Crippen LogP contribution is 2.45. The van der Waals surface area contributed by atoms with Gasteiger partial charge in [-0.25, -0.2) is 9.78 Å². The number of ether oxygens (including phenoxy) is 1. The number of carbonyl (C=O) groups is 2. The normalized spacial score (nSPS) is 19.5. The number of benzene rings is 1. The molecule has 1 atom stereocenters. The molecule has 0 saturated carbocycles. The zero-order valence-electron chi connectivity index (χ0n) is 22.1. The smallest absolute Gasteiger partial charge is 0.339 e. The van der Waals surface area contributed by atoms with Gasteiger partial charge in [0.15, 0.2) is 6.61 Å². The lowest BCUT2D eigenvalue weighted by Gasteiger charge is -2.36. The molecular formula is C31H36N2O3S. The topological polar surface area (TPSA) is 59.5 Å². The maximum absolute atomic E-state index is 13.7. The highest BCUT2D eigenvalue weighted by molar-refractivity contribution is 7.10. The number of fused-ring (bicyclic) bond motifs is 2. The van der Waals surface area contributed by atoms with Gasteiger partial charge in [0.1, 0.15) is 0 Å². The Morgan fingerprint density at radius 2 is 1.81 bits per heavy atom. The Bertz CT molecular complexity index is 1310. The Balaban J connectivity index is 1.54. The van der Waals surface area contributed by atoms with E-state index in [0.717, 1.165) is 79.3 Å². The van der Waals surface area contributed by atoms with Crippen LogP contribution in [-0.2, 0) is 16.0 Å². The molecule has 194 valence electrons. The molecule has 1 saturated heterocycles. The standard InChI is InChI=1S/C31H36N2O3S/c1-31(2,3)22-17-21(18-23-11-10-16-37-23)29-25(19-22)28(24-12-6-7-13-26(24)32-29)30(35)36-20-27(34)33-14-8-4-5-9-15-33/h6-7,10-13,16,18,22H,4-5,8-9,14-15,17,19-20H2,1-3H3/b21-18+. The van der Waals surface area contributed by atoms with Crippen molar-refractivity contribution in [3.8, 4) is 0 Å². The number of rotatable bonds is 4. The summed E-state index contributed by atoms with van der Waals surface area (Å²) in [7, 11) is 0. The molecule has 0 radical (unpaired) electrons. The van der Waals surface area contributed by atoms with Gasteiger partial charge < -0.3 is 9.64 Å². The molecule has 1 unspecified atom stereocenters. The van der Waals surface area contributed by atoms with Crippen LogP contribution in [-0.4, -0.2) is 41.5 Å². The van der Waals surface area contributed by atoms with Crippen LogP contribution in [0.1, 0.15) is 79.4 Å². The van der Waals surface area contributed by atoms with E-state index < -0.39 is 5.97 Å². The Kier molecular flexibility index (Phi) is 7.47. The first kappa shape index (κ1) is 25.7. The van der Waals surface area contributed by atoms with E-state index in [9.17, 15) is 9.59 Å². The lowest BCUT2D eigenvalue weighted by Crippen LogP contribution is -2.35. The van der Waals surface area contributed by atoms with Crippen LogP contribution >= 0.6 is 11.3 Å². The highest BCUT2D eigenvalue weighted by atomic mass is 32.1. The minimum Gasteiger partial charge on any atom is -0.452 e. The Morgan fingerprint density at radius 1 is 1.05 bits per heavy atom. The fourth-order valence-electron chi connectivity index (χ4n) is 5.53. The van der Waals surface area contributed by atoms with Crippen LogP contribution in [0.15, 0.2) is 41.8 Å². The summed E-state index contributed by atoms with van der Waals surface area (Å²) in [4.78, 5) is 34.7. The predicted molar refractivity (Wildman–Crippen MR) is 151 cm³/mol. The summed E-state index contributed by atoms with van der Waals surface area (Å²) >= 11 is 1.70. The molecule has 37 heavy (non-hydrogen) atoms. The van der Waals surface area contributed by atoms with Gasteiger partial charge in [-0.05, 0) is 71.7 Å². The fraction of sp³-hybridized carbons (Fsp3) is 0.452. The molecule has 1 aliphatic carbocycles. The second kappa shape index (κ2) is 10.8. The molecule has 0 spiro atoms. The summed E-state index contributed by atoms with van der Waals surface area (Å²) < 4.78 is 5.74. The third kappa shape index (κ3) is 5.64. The van der Waals surface area contributed by atoms with Gasteiger partial charge in [-0.1, -0.05) is 57.9 Å². The van der Waals surface area contributed by atoms with Gasteiger partial charge in [-0.15, -0.1) is 11.3 Å². The van der Waals surface area contributed by atoms with Gasteiger partial charge in [0, 0.05) is 23.4 Å². The second-order valence-corrected chi connectivity index (χ2v) is 12.3. The lowest BCUT2D eigenvalue weighted by molar-refractivity contribution is -0.134. The first-order valence-electron chi connectivity index (χ1n) is 13.4. The number of carbonyl (C=O) groups excluding carboxylic acids is 2. The van der Waals surface area contributed by atoms with Gasteiger partial charge in [0.25, 0.3) is 5.91 Å². The zero-order chi connectivity index (χ0) is 26.0. The molecule has 2 aromatic heterocycles. The van der Waals surface area contributed by atoms with Crippen LogP contribution in [0.3, 0.4) is 0 Å². The van der Waals surface area contributed by atoms with E-state index in [4.69, 9.17) is 9.72 Å². The number of hydrogen-bond acceptors (Lipinski definition) is 5. The van der Waals surface area contributed by atoms with Gasteiger partial charge >= 0.3 is 5.97 Å². The third-order valence-electron chi connectivity index (χ3n) is 7.79. The quantitative estimate of drug-likeness (QED) is 0.350. The Hall–Kier alpha value is -2.99. The van der Waals surface area contributed by atoms with Crippen molar-refractivity contribution in [1.82, 2.24) is 9.88 Å². The van der Waals surface area contributed by atoms with Crippen molar-refractivity contribution in [1.29, 1.82) is 0 Å². The van der Waals surface area contributed by atoms with Crippen LogP contribution in [0.25, 0.3) is 22.6 Å². The van der Waals surface area contributed by atoms with Crippen molar-refractivity contribution in [2.45, 2.75) is 59.3 Å². The van der Waals surface area contributed by atoms with E-state index in [1.54, 1.807) is 11.3 Å². The molecule has 0 bridgehead atoms. The molecule has 1 aromatic carbocycles. The molecule has 1 fully saturated rings. The van der Waals surface area contributed by atoms with Crippen LogP contribution in [0.4, 0.5) is 0 Å². The van der Waals surface area contributed by atoms with Crippen LogP contribution in [0, 0.1) is 11.3 Å². The molecule has 1 amide bonds. The Labute approximate surface area is 223 Å². The number of aromatic nitrogens is 1. The van der Waals surface area contributed by atoms with Gasteiger partial charge in [-0.3, -0.25) is 4.79 Å². The molecule has 0 N–H and O–H groups in total. The number of esters is 1. The number of pyridine rings is 1. The van der Waals surface area contributed by atoms with Gasteiger partial charge in [0.2, 0.25) is 0 Å². The van der Waals surface area contributed by atoms with Crippen LogP contribution in [0.2, 0.25) is 0 Å². The minimum atomic E-state index is -0.428. The summed E-state index contributed by atoms with van der Waals surface area (Å²) in [5, 5.41) is 2.87. The lowest BCUT2D eigenvalue weighted by atomic mass is 9.69. The first-order valence-corrected chi connectivity index (χ1v) is 14.3. The number of thiophene rings is 1. The van der Waals surface area contributed by atoms with Gasteiger partial charge in [-0.2, -0.15) is 0 Å². The van der Waals surface area contributed by atoms with Crippen molar-refractivity contribution < 1.29 is 14.3 Å². The largest absolute Gasteiger partial charge is 0.452 e. The van der Waals surface area contributed by atoms with Crippen LogP contribution < -0.4 is 0 Å². The first-order chi connectivity index (χ1) is 17.8. The van der Waals surface area contributed by atoms with Crippen molar-refractivity contribution in [3.05, 3.63) is 63.5 Å². The summed E-state index contributed by atoms with van der Waals surface area (Å²) in [5.74, 6) is -0.184. The summed E-state index contributed by atoms with van der Waals surface area (Å²) in [6, 6.07) is 11.9. The average molecular weight is 517 g/mol. The number of nitrogens with zero attached hydrogens (tertiary/aromatic N) is 2. The van der Waals surface area contributed by atoms with E-state index in [1.165, 1.54) is 4.88 Å². The van der Waals surface area contributed by atoms with Gasteiger partial charge in [0.05, 0.1) is 16.8 Å². The van der Waals surface area contributed by atoms with E-state index in [2.05, 4.69) is 44.4 Å². The molecule has 5 nitrogen and oxygen atoms in total. The molecular weight excluding hydrogens is 480 g/mol. The maximum Gasteiger partial charge on any atom is 0.339 e. The molecule has 5 rings (SSSR count). The highest BCUT2D eigenvalue weighted by Gasteiger charge is 2.35. The van der Waals surface area contributed by atoms with Crippen LogP contribution in [0.5, 0.6) is 0 Å². The monoisotopic (exact) mass is 516 g/mol. The summed E-state index contributed by atoms with van der Waals surface area (Å²) in [5.41, 5.74) is 4.39. The van der Waals surface area contributed by atoms with Crippen molar-refractivity contribution in [2.24, 2.45) is 11.3 Å². The molecule has 3 heterocycles. The second-order valence-electron chi connectivity index (χ2n) is 11.4. The molecule has 1 aliphatic heterocycles. The summed E-state index contributed by atoms with van der Waals surface area (Å²) in [6.45, 7) is 8.06. The number of allylic oxidation sites excluding steroid dienone is 1. The van der Waals surface area contributed by atoms with E-state index >= 15 is 0 Å². The third-order valence-corrected chi connectivity index (χ3v) is 8.61. The fourth-order valence-corrected chi connectivity index (χ4v) is 6.21. The number of likely N-dealkylation sites (tertiary alicyclic amines) is 1. The van der Waals surface area contributed by atoms with E-state index in [-0.39, 0.29) is 17.9 Å². The molecule has 2 aliphatic rings. The average Bonchev–Trinajstić information content (AvgIpc) is 3.23.